The van der Waals surface area contributed by atoms with Gasteiger partial charge in [-0.3, -0.25) is 9.59 Å². The summed E-state index contributed by atoms with van der Waals surface area (Å²) < 4.78 is 13.1. The van der Waals surface area contributed by atoms with Crippen molar-refractivity contribution in [3.8, 4) is 0 Å². The van der Waals surface area contributed by atoms with E-state index in [4.69, 9.17) is 21.1 Å². The lowest BCUT2D eigenvalue weighted by atomic mass is 9.84. The van der Waals surface area contributed by atoms with E-state index in [2.05, 4.69) is 4.90 Å². The third kappa shape index (κ3) is 6.00. The molecule has 0 radical (unpaired) electrons. The molecule has 2 N–H and O–H groups in total. The normalized spacial score (nSPS) is 23.0. The molecule has 236 valence electrons. The number of benzene rings is 4. The number of piperidine rings is 1. The van der Waals surface area contributed by atoms with Gasteiger partial charge in [0.05, 0.1) is 41.2 Å². The molecule has 2 amide bonds. The van der Waals surface area contributed by atoms with Crippen molar-refractivity contribution in [3.63, 3.8) is 0 Å². The van der Waals surface area contributed by atoms with Gasteiger partial charge in [-0.15, -0.1) is 0 Å². The highest BCUT2D eigenvalue weighted by atomic mass is 35.5. The first kappa shape index (κ1) is 30.7. The second-order valence-corrected chi connectivity index (χ2v) is 12.7. The standard InChI is InChI=1S/C37H35ClN2O6/c38-28-14-12-27(13-15-28)37(44)16-18-39(19-17-37)22-30-21-33(25-10-8-24(23-41)9-11-25)46-36(45-30)26-4-3-5-29(20-26)40-34(42)31-6-1-2-7-32(31)35(40)43/h1-15,20,30,33,36,41,44H,16-19,21-23H2/t30-,33+,36+/m0/s1. The number of hydrogen-bond acceptors (Lipinski definition) is 7. The number of aliphatic hydroxyl groups excluding tert-OH is 1. The third-order valence-corrected chi connectivity index (χ3v) is 9.59. The van der Waals surface area contributed by atoms with E-state index in [1.54, 1.807) is 42.5 Å². The topological polar surface area (TPSA) is 99.5 Å². The summed E-state index contributed by atoms with van der Waals surface area (Å²) >= 11 is 6.07. The van der Waals surface area contributed by atoms with Gasteiger partial charge in [-0.25, -0.2) is 4.90 Å². The molecule has 3 atom stereocenters. The van der Waals surface area contributed by atoms with Gasteiger partial charge in [-0.2, -0.15) is 0 Å². The van der Waals surface area contributed by atoms with Crippen LogP contribution in [0.25, 0.3) is 0 Å². The van der Waals surface area contributed by atoms with E-state index in [9.17, 15) is 19.8 Å². The van der Waals surface area contributed by atoms with Crippen LogP contribution in [0.3, 0.4) is 0 Å². The van der Waals surface area contributed by atoms with Crippen molar-refractivity contribution < 1.29 is 29.3 Å². The summed E-state index contributed by atoms with van der Waals surface area (Å²) in [5.41, 5.74) is 3.70. The van der Waals surface area contributed by atoms with Crippen molar-refractivity contribution in [3.05, 3.63) is 135 Å². The minimum atomic E-state index is -0.901. The van der Waals surface area contributed by atoms with Crippen molar-refractivity contribution in [2.75, 3.05) is 24.5 Å². The molecule has 3 aliphatic rings. The number of imide groups is 1. The van der Waals surface area contributed by atoms with Gasteiger partial charge in [0.25, 0.3) is 11.8 Å². The molecule has 8 nitrogen and oxygen atoms in total. The molecule has 9 heteroatoms. The SMILES string of the molecule is O=C1c2ccccc2C(=O)N1c1cccc([C@@H]2O[C@H](CN3CCC(O)(c4ccc(Cl)cc4)CC3)C[C@H](c3ccc(CO)cc3)O2)c1. The van der Waals surface area contributed by atoms with Crippen molar-refractivity contribution in [1.29, 1.82) is 0 Å². The molecule has 0 spiro atoms. The summed E-state index contributed by atoms with van der Waals surface area (Å²) in [6.45, 7) is 2.02. The molecule has 0 bridgehead atoms. The van der Waals surface area contributed by atoms with Gasteiger partial charge in [0, 0.05) is 36.6 Å². The fourth-order valence-electron chi connectivity index (χ4n) is 6.71. The van der Waals surface area contributed by atoms with E-state index in [0.29, 0.717) is 66.3 Å². The molecule has 4 aromatic carbocycles. The second-order valence-electron chi connectivity index (χ2n) is 12.3. The molecule has 3 heterocycles. The molecule has 7 rings (SSSR count). The zero-order valence-corrected chi connectivity index (χ0v) is 26.0. The highest BCUT2D eigenvalue weighted by molar-refractivity contribution is 6.34. The van der Waals surface area contributed by atoms with E-state index in [1.807, 2.05) is 54.6 Å². The number of hydrogen-bond donors (Lipinski definition) is 2. The maximum atomic E-state index is 13.2. The maximum absolute atomic E-state index is 13.2. The number of rotatable bonds is 7. The first-order valence-corrected chi connectivity index (χ1v) is 16.0. The van der Waals surface area contributed by atoms with Gasteiger partial charge in [-0.1, -0.05) is 72.3 Å². The van der Waals surface area contributed by atoms with E-state index in [-0.39, 0.29) is 30.6 Å². The Labute approximate surface area is 272 Å². The zero-order valence-electron chi connectivity index (χ0n) is 25.2. The Bertz CT molecular complexity index is 1700. The number of fused-ring (bicyclic) bond motifs is 1. The molecule has 0 saturated carbocycles. The maximum Gasteiger partial charge on any atom is 0.266 e. The van der Waals surface area contributed by atoms with Gasteiger partial charge >= 0.3 is 0 Å². The van der Waals surface area contributed by atoms with Gasteiger partial charge in [0.1, 0.15) is 0 Å². The van der Waals surface area contributed by atoms with Crippen molar-refractivity contribution in [2.24, 2.45) is 0 Å². The smallest absolute Gasteiger partial charge is 0.266 e. The van der Waals surface area contributed by atoms with Gasteiger partial charge in [-0.05, 0) is 65.9 Å². The molecule has 3 aliphatic heterocycles. The molecule has 0 unspecified atom stereocenters. The van der Waals surface area contributed by atoms with Crippen molar-refractivity contribution in [1.82, 2.24) is 4.90 Å². The quantitative estimate of drug-likeness (QED) is 0.234. The van der Waals surface area contributed by atoms with Crippen LogP contribution in [0.2, 0.25) is 5.02 Å². The summed E-state index contributed by atoms with van der Waals surface area (Å²) in [6.07, 6.45) is 0.587. The summed E-state index contributed by atoms with van der Waals surface area (Å²) in [4.78, 5) is 29.9. The fourth-order valence-corrected chi connectivity index (χ4v) is 6.84. The summed E-state index contributed by atoms with van der Waals surface area (Å²) in [5, 5.41) is 21.6. The predicted octanol–water partition coefficient (Wildman–Crippen LogP) is 6.16. The van der Waals surface area contributed by atoms with E-state index < -0.39 is 11.9 Å². The Balaban J connectivity index is 1.11. The lowest BCUT2D eigenvalue weighted by molar-refractivity contribution is -0.253. The average molecular weight is 639 g/mol. The number of carbonyl (C=O) groups is 2. The van der Waals surface area contributed by atoms with Crippen LogP contribution >= 0.6 is 11.6 Å². The molecule has 2 saturated heterocycles. The number of aliphatic hydroxyl groups is 2. The van der Waals surface area contributed by atoms with Crippen LogP contribution in [0.1, 0.15) is 74.6 Å². The van der Waals surface area contributed by atoms with Crippen molar-refractivity contribution >= 4 is 29.1 Å². The van der Waals surface area contributed by atoms with Crippen LogP contribution in [-0.2, 0) is 21.7 Å². The molecular formula is C37H35ClN2O6. The third-order valence-electron chi connectivity index (χ3n) is 9.34. The number of ether oxygens (including phenoxy) is 2. The number of likely N-dealkylation sites (tertiary alicyclic amines) is 1. The highest BCUT2D eigenvalue weighted by Crippen LogP contribution is 2.41. The number of nitrogens with zero attached hydrogens (tertiary/aromatic N) is 2. The predicted molar refractivity (Wildman–Crippen MR) is 173 cm³/mol. The van der Waals surface area contributed by atoms with Crippen LogP contribution in [0.5, 0.6) is 0 Å². The van der Waals surface area contributed by atoms with Gasteiger partial charge < -0.3 is 24.6 Å². The Hall–Kier alpha value is -3.89. The Morgan fingerprint density at radius 1 is 0.804 bits per heavy atom. The number of halogens is 1. The van der Waals surface area contributed by atoms with Gasteiger partial charge in [0.15, 0.2) is 6.29 Å². The molecule has 2 fully saturated rings. The number of anilines is 1. The molecular weight excluding hydrogens is 604 g/mol. The van der Waals surface area contributed by atoms with E-state index in [1.165, 1.54) is 4.90 Å². The summed E-state index contributed by atoms with van der Waals surface area (Å²) in [6, 6.07) is 29.2. The number of carbonyl (C=O) groups excluding carboxylic acids is 2. The monoisotopic (exact) mass is 638 g/mol. The molecule has 4 aromatic rings. The first-order valence-electron chi connectivity index (χ1n) is 15.6. The molecule has 0 aromatic heterocycles. The van der Waals surface area contributed by atoms with Crippen LogP contribution in [-0.4, -0.2) is 52.7 Å². The van der Waals surface area contributed by atoms with Crippen LogP contribution in [0, 0.1) is 0 Å². The zero-order chi connectivity index (χ0) is 31.8. The summed E-state index contributed by atoms with van der Waals surface area (Å²) in [5.74, 6) is -0.710. The first-order chi connectivity index (χ1) is 22.3. The van der Waals surface area contributed by atoms with Gasteiger partial charge in [0.2, 0.25) is 0 Å². The molecule has 46 heavy (non-hydrogen) atoms. The molecule has 0 aliphatic carbocycles. The summed E-state index contributed by atoms with van der Waals surface area (Å²) in [7, 11) is 0. The van der Waals surface area contributed by atoms with E-state index >= 15 is 0 Å². The average Bonchev–Trinajstić information content (AvgIpc) is 3.35. The lowest BCUT2D eigenvalue weighted by Crippen LogP contribution is -2.46. The largest absolute Gasteiger partial charge is 0.392 e. The van der Waals surface area contributed by atoms with Crippen LogP contribution in [0.4, 0.5) is 5.69 Å². The minimum absolute atomic E-state index is 0.0396. The lowest BCUT2D eigenvalue weighted by Gasteiger charge is -2.42. The highest BCUT2D eigenvalue weighted by Gasteiger charge is 2.39. The Morgan fingerprint density at radius 3 is 2.13 bits per heavy atom. The second kappa shape index (κ2) is 12.7. The fraction of sp³-hybridized carbons (Fsp3) is 0.297. The number of amides is 2. The van der Waals surface area contributed by atoms with E-state index in [0.717, 1.165) is 16.7 Å². The van der Waals surface area contributed by atoms with Crippen molar-refractivity contribution in [2.45, 2.75) is 50.0 Å². The minimum Gasteiger partial charge on any atom is -0.392 e. The van der Waals surface area contributed by atoms with Crippen LogP contribution < -0.4 is 4.90 Å². The van der Waals surface area contributed by atoms with Crippen LogP contribution in [0.15, 0.2) is 97.1 Å². The Kier molecular flexibility index (Phi) is 8.50. The Morgan fingerprint density at radius 2 is 1.48 bits per heavy atom.